The number of H-pyrrole nitrogens is 1. The third-order valence-electron chi connectivity index (χ3n) is 3.28. The summed E-state index contributed by atoms with van der Waals surface area (Å²) in [5, 5.41) is 19.1. The number of amides is 1. The summed E-state index contributed by atoms with van der Waals surface area (Å²) in [5.74, 6) is -0.337. The third-order valence-corrected chi connectivity index (χ3v) is 3.28. The van der Waals surface area contributed by atoms with Crippen molar-refractivity contribution in [2.24, 2.45) is 5.92 Å². The minimum Gasteiger partial charge on any atom is -0.389 e. The molecule has 0 saturated carbocycles. The Morgan fingerprint density at radius 1 is 1.33 bits per heavy atom. The molecule has 7 heteroatoms. The van der Waals surface area contributed by atoms with E-state index < -0.39 is 6.10 Å². The zero-order valence-corrected chi connectivity index (χ0v) is 13.8. The molecule has 0 aliphatic carbocycles. The Hall–Kier alpha value is -2.25. The van der Waals surface area contributed by atoms with Gasteiger partial charge in [-0.25, -0.2) is 4.39 Å². The van der Waals surface area contributed by atoms with Gasteiger partial charge in [-0.1, -0.05) is 13.8 Å². The number of carbonyl (C=O) groups excluding carboxylic acids is 1. The molecular formula is C17H22FN3O3. The number of benzene rings is 1. The number of rotatable bonds is 8. The smallest absolute Gasteiger partial charge is 0.255 e. The summed E-state index contributed by atoms with van der Waals surface area (Å²) in [6, 6.07) is 5.75. The van der Waals surface area contributed by atoms with Crippen LogP contribution in [0.2, 0.25) is 0 Å². The Bertz CT molecular complexity index is 655. The van der Waals surface area contributed by atoms with Gasteiger partial charge < -0.3 is 15.2 Å². The van der Waals surface area contributed by atoms with Crippen molar-refractivity contribution in [3.63, 3.8) is 0 Å². The zero-order valence-electron chi connectivity index (χ0n) is 13.8. The van der Waals surface area contributed by atoms with Gasteiger partial charge in [-0.15, -0.1) is 0 Å². The minimum atomic E-state index is -0.783. The molecule has 3 N–H and O–H groups in total. The first-order valence-electron chi connectivity index (χ1n) is 7.80. The fourth-order valence-electron chi connectivity index (χ4n) is 2.10. The summed E-state index contributed by atoms with van der Waals surface area (Å²) in [6.07, 6.45) is 0.615. The van der Waals surface area contributed by atoms with Crippen LogP contribution in [-0.2, 0) is 4.74 Å². The summed E-state index contributed by atoms with van der Waals surface area (Å²) in [6.45, 7) is 4.83. The van der Waals surface area contributed by atoms with Crippen LogP contribution in [-0.4, -0.2) is 47.1 Å². The van der Waals surface area contributed by atoms with Gasteiger partial charge in [0, 0.05) is 18.7 Å². The fraction of sp³-hybridized carbons (Fsp3) is 0.412. The van der Waals surface area contributed by atoms with E-state index in [-0.39, 0.29) is 24.9 Å². The minimum absolute atomic E-state index is 0.0744. The molecule has 0 aliphatic rings. The van der Waals surface area contributed by atoms with Crippen molar-refractivity contribution in [1.82, 2.24) is 15.5 Å². The van der Waals surface area contributed by atoms with Gasteiger partial charge >= 0.3 is 0 Å². The average molecular weight is 335 g/mol. The Labute approximate surface area is 140 Å². The highest BCUT2D eigenvalue weighted by molar-refractivity contribution is 5.99. The normalized spacial score (nSPS) is 12.4. The number of nitrogens with zero attached hydrogens (tertiary/aromatic N) is 1. The second-order valence-electron chi connectivity index (χ2n) is 5.96. The van der Waals surface area contributed by atoms with Crippen LogP contribution in [0.5, 0.6) is 0 Å². The summed E-state index contributed by atoms with van der Waals surface area (Å²) >= 11 is 0. The molecule has 1 amide bonds. The van der Waals surface area contributed by atoms with Gasteiger partial charge in [0.2, 0.25) is 0 Å². The Balaban J connectivity index is 1.91. The molecule has 1 aromatic carbocycles. The maximum Gasteiger partial charge on any atom is 0.255 e. The predicted octanol–water partition coefficient (Wildman–Crippen LogP) is 1.98. The number of aliphatic hydroxyl groups is 1. The van der Waals surface area contributed by atoms with Gasteiger partial charge in [-0.3, -0.25) is 9.89 Å². The van der Waals surface area contributed by atoms with Crippen LogP contribution in [0.4, 0.5) is 4.39 Å². The average Bonchev–Trinajstić information content (AvgIpc) is 3.02. The molecule has 1 heterocycles. The van der Waals surface area contributed by atoms with Crippen LogP contribution in [0.25, 0.3) is 11.3 Å². The molecule has 2 aromatic rings. The molecule has 0 spiro atoms. The van der Waals surface area contributed by atoms with Crippen molar-refractivity contribution in [1.29, 1.82) is 0 Å². The lowest BCUT2D eigenvalue weighted by Crippen LogP contribution is -2.34. The van der Waals surface area contributed by atoms with E-state index in [1.807, 2.05) is 13.8 Å². The monoisotopic (exact) mass is 335 g/mol. The zero-order chi connectivity index (χ0) is 17.5. The first-order chi connectivity index (χ1) is 11.5. The Kier molecular flexibility index (Phi) is 6.45. The highest BCUT2D eigenvalue weighted by Crippen LogP contribution is 2.21. The van der Waals surface area contributed by atoms with Crippen LogP contribution in [0, 0.1) is 11.7 Å². The quantitative estimate of drug-likeness (QED) is 0.688. The molecule has 0 fully saturated rings. The van der Waals surface area contributed by atoms with Gasteiger partial charge in [-0.2, -0.15) is 5.10 Å². The number of hydrogen-bond acceptors (Lipinski definition) is 4. The number of aliphatic hydroxyl groups excluding tert-OH is 1. The maximum atomic E-state index is 13.0. The molecule has 1 atom stereocenters. The molecular weight excluding hydrogens is 313 g/mol. The SMILES string of the molecule is CC(C)COCC(O)CNC(=O)c1cn[nH]c1-c1ccc(F)cc1. The van der Waals surface area contributed by atoms with Gasteiger partial charge in [0.15, 0.2) is 0 Å². The van der Waals surface area contributed by atoms with Crippen LogP contribution in [0.3, 0.4) is 0 Å². The van der Waals surface area contributed by atoms with Crippen LogP contribution in [0.1, 0.15) is 24.2 Å². The molecule has 0 radical (unpaired) electrons. The van der Waals surface area contributed by atoms with E-state index in [1.165, 1.54) is 18.3 Å². The summed E-state index contributed by atoms with van der Waals surface area (Å²) in [7, 11) is 0. The highest BCUT2D eigenvalue weighted by atomic mass is 19.1. The Morgan fingerprint density at radius 3 is 2.71 bits per heavy atom. The van der Waals surface area contributed by atoms with Gasteiger partial charge in [0.1, 0.15) is 5.82 Å². The lowest BCUT2D eigenvalue weighted by molar-refractivity contribution is 0.0259. The number of ether oxygens (including phenoxy) is 1. The standard InChI is InChI=1S/C17H22FN3O3/c1-11(2)9-24-10-14(22)7-19-17(23)15-8-20-21-16(15)12-3-5-13(18)6-4-12/h3-6,8,11,14,22H,7,9-10H2,1-2H3,(H,19,23)(H,20,21). The van der Waals surface area contributed by atoms with Crippen molar-refractivity contribution >= 4 is 5.91 Å². The lowest BCUT2D eigenvalue weighted by Gasteiger charge is -2.13. The summed E-state index contributed by atoms with van der Waals surface area (Å²) in [5.41, 5.74) is 1.48. The molecule has 2 rings (SSSR count). The van der Waals surface area contributed by atoms with E-state index in [0.717, 1.165) is 0 Å². The van der Waals surface area contributed by atoms with Crippen molar-refractivity contribution < 1.29 is 19.0 Å². The molecule has 1 aromatic heterocycles. The second-order valence-corrected chi connectivity index (χ2v) is 5.96. The van der Waals surface area contributed by atoms with Crippen molar-refractivity contribution in [2.75, 3.05) is 19.8 Å². The molecule has 24 heavy (non-hydrogen) atoms. The van der Waals surface area contributed by atoms with Gasteiger partial charge in [-0.05, 0) is 30.2 Å². The lowest BCUT2D eigenvalue weighted by atomic mass is 10.1. The first kappa shape index (κ1) is 18.1. The number of hydrogen-bond donors (Lipinski definition) is 3. The fourth-order valence-corrected chi connectivity index (χ4v) is 2.10. The molecule has 6 nitrogen and oxygen atoms in total. The van der Waals surface area contributed by atoms with E-state index in [0.29, 0.717) is 29.3 Å². The largest absolute Gasteiger partial charge is 0.389 e. The number of halogens is 1. The van der Waals surface area contributed by atoms with Crippen molar-refractivity contribution in [3.05, 3.63) is 41.8 Å². The number of aromatic nitrogens is 2. The second kappa shape index (κ2) is 8.56. The van der Waals surface area contributed by atoms with E-state index in [2.05, 4.69) is 15.5 Å². The van der Waals surface area contributed by atoms with Crippen LogP contribution < -0.4 is 5.32 Å². The molecule has 0 saturated heterocycles. The van der Waals surface area contributed by atoms with Crippen LogP contribution >= 0.6 is 0 Å². The topological polar surface area (TPSA) is 87.2 Å². The van der Waals surface area contributed by atoms with E-state index in [9.17, 15) is 14.3 Å². The van der Waals surface area contributed by atoms with E-state index in [4.69, 9.17) is 4.74 Å². The van der Waals surface area contributed by atoms with Crippen molar-refractivity contribution in [2.45, 2.75) is 20.0 Å². The molecule has 130 valence electrons. The molecule has 0 aliphatic heterocycles. The third kappa shape index (κ3) is 5.14. The number of aromatic amines is 1. The van der Waals surface area contributed by atoms with Crippen LogP contribution in [0.15, 0.2) is 30.5 Å². The predicted molar refractivity (Wildman–Crippen MR) is 88.0 cm³/mol. The molecule has 0 bridgehead atoms. The van der Waals surface area contributed by atoms with Gasteiger partial charge in [0.05, 0.1) is 30.2 Å². The maximum absolute atomic E-state index is 13.0. The first-order valence-corrected chi connectivity index (χ1v) is 7.80. The number of carbonyl (C=O) groups is 1. The van der Waals surface area contributed by atoms with E-state index >= 15 is 0 Å². The molecule has 1 unspecified atom stereocenters. The van der Waals surface area contributed by atoms with Gasteiger partial charge in [0.25, 0.3) is 5.91 Å². The summed E-state index contributed by atoms with van der Waals surface area (Å²) < 4.78 is 18.3. The highest BCUT2D eigenvalue weighted by Gasteiger charge is 2.16. The Morgan fingerprint density at radius 2 is 2.04 bits per heavy atom. The van der Waals surface area contributed by atoms with Crippen molar-refractivity contribution in [3.8, 4) is 11.3 Å². The summed E-state index contributed by atoms with van der Waals surface area (Å²) in [4.78, 5) is 12.3. The number of nitrogens with one attached hydrogen (secondary N) is 2. The van der Waals surface area contributed by atoms with E-state index in [1.54, 1.807) is 12.1 Å².